The largest absolute Gasteiger partial charge is 0.457 e. The van der Waals surface area contributed by atoms with Crippen LogP contribution >= 0.6 is 23.8 Å². The number of amides is 1. The van der Waals surface area contributed by atoms with Crippen molar-refractivity contribution in [1.29, 1.82) is 0 Å². The smallest absolute Gasteiger partial charge is 0.417 e. The van der Waals surface area contributed by atoms with Crippen LogP contribution in [0.15, 0.2) is 60.8 Å². The Morgan fingerprint density at radius 3 is 2.11 bits per heavy atom. The molecular weight excluding hydrogens is 509 g/mol. The summed E-state index contributed by atoms with van der Waals surface area (Å²) in [7, 11) is 1.52. The highest BCUT2D eigenvalue weighted by Crippen LogP contribution is 2.35. The molecular formula is C27H30ClF3N2O2S. The fourth-order valence-corrected chi connectivity index (χ4v) is 3.51. The predicted octanol–water partition coefficient (Wildman–Crippen LogP) is 8.11. The average Bonchev–Trinajstić information content (AvgIpc) is 2.88. The number of rotatable bonds is 7. The van der Waals surface area contributed by atoms with Crippen molar-refractivity contribution in [2.24, 2.45) is 0 Å². The molecule has 0 aliphatic rings. The molecule has 1 aromatic heterocycles. The lowest BCUT2D eigenvalue weighted by atomic mass is 10.0. The summed E-state index contributed by atoms with van der Waals surface area (Å²) in [5, 5.41) is 2.16. The maximum atomic E-state index is 13.0. The van der Waals surface area contributed by atoms with Gasteiger partial charge >= 0.3 is 6.18 Å². The zero-order chi connectivity index (χ0) is 27.3. The summed E-state index contributed by atoms with van der Waals surface area (Å²) in [6.45, 7) is 8.00. The van der Waals surface area contributed by atoms with Gasteiger partial charge in [0.1, 0.15) is 17.2 Å². The number of pyridine rings is 1. The van der Waals surface area contributed by atoms with E-state index in [9.17, 15) is 18.0 Å². The van der Waals surface area contributed by atoms with E-state index in [1.807, 2.05) is 39.8 Å². The van der Waals surface area contributed by atoms with Gasteiger partial charge in [0.05, 0.1) is 10.6 Å². The average molecular weight is 539 g/mol. The molecule has 0 fully saturated rings. The van der Waals surface area contributed by atoms with Gasteiger partial charge in [0.2, 0.25) is 0 Å². The lowest BCUT2D eigenvalue weighted by Gasteiger charge is -2.12. The Balaban J connectivity index is 0.00000154. The van der Waals surface area contributed by atoms with Crippen LogP contribution in [0.25, 0.3) is 0 Å². The van der Waals surface area contributed by atoms with E-state index < -0.39 is 11.7 Å². The second-order valence-corrected chi connectivity index (χ2v) is 7.89. The van der Waals surface area contributed by atoms with Gasteiger partial charge in [-0.1, -0.05) is 69.7 Å². The third kappa shape index (κ3) is 9.59. The van der Waals surface area contributed by atoms with Gasteiger partial charge in [-0.15, -0.1) is 0 Å². The Labute approximate surface area is 220 Å². The summed E-state index contributed by atoms with van der Waals surface area (Å²) in [4.78, 5) is 16.3. The van der Waals surface area contributed by atoms with Crippen molar-refractivity contribution in [3.63, 3.8) is 0 Å². The summed E-state index contributed by atoms with van der Waals surface area (Å²) in [6, 6.07) is 14.1. The molecule has 2 aromatic carbocycles. The molecule has 1 heterocycles. The summed E-state index contributed by atoms with van der Waals surface area (Å²) in [5.74, 6) is 0.702. The van der Waals surface area contributed by atoms with Crippen LogP contribution in [-0.2, 0) is 19.0 Å². The molecule has 36 heavy (non-hydrogen) atoms. The lowest BCUT2D eigenvalue weighted by Crippen LogP contribution is -2.18. The molecule has 0 aliphatic heterocycles. The van der Waals surface area contributed by atoms with Gasteiger partial charge in [-0.2, -0.15) is 13.2 Å². The highest BCUT2D eigenvalue weighted by atomic mass is 35.5. The van der Waals surface area contributed by atoms with E-state index in [1.165, 1.54) is 25.4 Å². The summed E-state index contributed by atoms with van der Waals surface area (Å²) in [5.41, 5.74) is 0.726. The van der Waals surface area contributed by atoms with Gasteiger partial charge in [0, 0.05) is 37.0 Å². The second-order valence-electron chi connectivity index (χ2n) is 6.91. The van der Waals surface area contributed by atoms with E-state index >= 15 is 0 Å². The highest BCUT2D eigenvalue weighted by molar-refractivity contribution is 7.80. The minimum absolute atomic E-state index is 0.229. The number of benzene rings is 2. The molecule has 1 amide bonds. The zero-order valence-electron chi connectivity index (χ0n) is 20.9. The van der Waals surface area contributed by atoms with E-state index in [-0.39, 0.29) is 23.0 Å². The third-order valence-electron chi connectivity index (χ3n) is 4.49. The normalized spacial score (nSPS) is 10.2. The fraction of sp³-hybridized carbons (Fsp3) is 0.296. The molecule has 0 aliphatic carbocycles. The number of alkyl halides is 3. The van der Waals surface area contributed by atoms with Gasteiger partial charge in [-0.25, -0.2) is 0 Å². The second kappa shape index (κ2) is 15.2. The van der Waals surface area contributed by atoms with Crippen LogP contribution < -0.4 is 10.1 Å². The first-order chi connectivity index (χ1) is 17.2. The van der Waals surface area contributed by atoms with E-state index in [4.69, 9.17) is 28.6 Å². The SMILES string of the molecule is CC.CC.CNC(=O)c1cc(Oc2ccc(CC(=S)Cc3ccc(Cl)c(C(F)(F)F)c3)cc2)ccn1. The first-order valence-electron chi connectivity index (χ1n) is 11.5. The van der Waals surface area contributed by atoms with Crippen molar-refractivity contribution in [3.8, 4) is 11.5 Å². The summed E-state index contributed by atoms with van der Waals surface area (Å²) in [6.07, 6.45) is -2.38. The van der Waals surface area contributed by atoms with Crippen molar-refractivity contribution in [2.75, 3.05) is 7.05 Å². The van der Waals surface area contributed by atoms with Crippen molar-refractivity contribution >= 4 is 34.6 Å². The Hall–Kier alpha value is -2.97. The van der Waals surface area contributed by atoms with Gasteiger partial charge in [-0.3, -0.25) is 9.78 Å². The zero-order valence-corrected chi connectivity index (χ0v) is 22.4. The number of thiocarbonyl (C=S) groups is 1. The van der Waals surface area contributed by atoms with E-state index in [1.54, 1.807) is 24.3 Å². The molecule has 0 radical (unpaired) electrons. The number of nitrogens with one attached hydrogen (secondary N) is 1. The summed E-state index contributed by atoms with van der Waals surface area (Å²) >= 11 is 11.0. The molecule has 3 rings (SSSR count). The van der Waals surface area contributed by atoms with Crippen LogP contribution in [0.1, 0.15) is 54.9 Å². The Morgan fingerprint density at radius 2 is 1.53 bits per heavy atom. The van der Waals surface area contributed by atoms with Gasteiger partial charge in [0.15, 0.2) is 0 Å². The van der Waals surface area contributed by atoms with Crippen molar-refractivity contribution in [3.05, 3.63) is 88.2 Å². The standard InChI is InChI=1S/C23H18ClF3N2O2S.2C2H6/c1-28-22(30)21-13-17(8-9-29-21)31-16-5-2-14(3-6-16)10-18(32)11-15-4-7-20(24)19(12-15)23(25,26)27;2*1-2/h2-9,12-13H,10-11H2,1H3,(H,28,30);2*1-2H3. The van der Waals surface area contributed by atoms with Crippen LogP contribution in [0.5, 0.6) is 11.5 Å². The molecule has 0 bridgehead atoms. The first-order valence-corrected chi connectivity index (χ1v) is 12.3. The minimum Gasteiger partial charge on any atom is -0.457 e. The number of aromatic nitrogens is 1. The molecule has 3 aromatic rings. The minimum atomic E-state index is -4.51. The number of carbonyl (C=O) groups is 1. The quantitative estimate of drug-likeness (QED) is 0.309. The molecule has 0 saturated carbocycles. The van der Waals surface area contributed by atoms with E-state index in [0.717, 1.165) is 11.6 Å². The fourth-order valence-electron chi connectivity index (χ4n) is 2.96. The lowest BCUT2D eigenvalue weighted by molar-refractivity contribution is -0.137. The maximum absolute atomic E-state index is 13.0. The van der Waals surface area contributed by atoms with Gasteiger partial charge in [-0.05, 0) is 41.5 Å². The molecule has 1 N–H and O–H groups in total. The first kappa shape index (κ1) is 31.1. The number of carbonyl (C=O) groups excluding carboxylic acids is 1. The van der Waals surface area contributed by atoms with Crippen LogP contribution in [0.2, 0.25) is 5.02 Å². The highest BCUT2D eigenvalue weighted by Gasteiger charge is 2.33. The van der Waals surface area contributed by atoms with Crippen LogP contribution in [0.4, 0.5) is 13.2 Å². The molecule has 0 saturated heterocycles. The van der Waals surface area contributed by atoms with Crippen molar-refractivity contribution < 1.29 is 22.7 Å². The van der Waals surface area contributed by atoms with Gasteiger partial charge in [0.25, 0.3) is 5.91 Å². The predicted molar refractivity (Wildman–Crippen MR) is 143 cm³/mol. The number of ether oxygens (including phenoxy) is 1. The van der Waals surface area contributed by atoms with Crippen LogP contribution in [-0.4, -0.2) is 22.8 Å². The van der Waals surface area contributed by atoms with Crippen molar-refractivity contribution in [1.82, 2.24) is 10.3 Å². The van der Waals surface area contributed by atoms with Crippen LogP contribution in [0, 0.1) is 0 Å². The molecule has 194 valence electrons. The summed E-state index contributed by atoms with van der Waals surface area (Å²) < 4.78 is 44.9. The monoisotopic (exact) mass is 538 g/mol. The molecule has 0 atom stereocenters. The molecule has 4 nitrogen and oxygen atoms in total. The third-order valence-corrected chi connectivity index (χ3v) is 5.11. The van der Waals surface area contributed by atoms with Gasteiger partial charge < -0.3 is 10.1 Å². The topological polar surface area (TPSA) is 51.2 Å². The number of hydrogen-bond acceptors (Lipinski definition) is 4. The van der Waals surface area contributed by atoms with Crippen molar-refractivity contribution in [2.45, 2.75) is 46.7 Å². The molecule has 0 unspecified atom stereocenters. The van der Waals surface area contributed by atoms with Crippen LogP contribution in [0.3, 0.4) is 0 Å². The molecule has 9 heteroatoms. The number of halogens is 4. The Kier molecular flexibility index (Phi) is 13.1. The van der Waals surface area contributed by atoms with E-state index in [0.29, 0.717) is 28.3 Å². The number of hydrogen-bond donors (Lipinski definition) is 1. The van der Waals surface area contributed by atoms with E-state index in [2.05, 4.69) is 10.3 Å². The molecule has 0 spiro atoms. The number of nitrogens with zero attached hydrogens (tertiary/aromatic N) is 1. The Bertz CT molecular complexity index is 1140. The Morgan fingerprint density at radius 1 is 0.944 bits per heavy atom. The maximum Gasteiger partial charge on any atom is 0.417 e.